The molecule has 0 bridgehead atoms. The Bertz CT molecular complexity index is 361. The van der Waals surface area contributed by atoms with Gasteiger partial charge in [0.1, 0.15) is 0 Å². The summed E-state index contributed by atoms with van der Waals surface area (Å²) in [5, 5.41) is 7.72. The molecule has 0 spiro atoms. The highest BCUT2D eigenvalue weighted by atomic mass is 35.5. The van der Waals surface area contributed by atoms with Gasteiger partial charge in [0, 0.05) is 6.26 Å². The Morgan fingerprint density at radius 2 is 2.27 bits per heavy atom. The number of aryl methyl sites for hydroxylation is 1. The Balaban J connectivity index is 2.54. The maximum absolute atomic E-state index is 11.0. The summed E-state index contributed by atoms with van der Waals surface area (Å²) in [5.41, 5.74) is 5.80. The number of urea groups is 1. The van der Waals surface area contributed by atoms with Crippen LogP contribution in [-0.4, -0.2) is 22.5 Å². The minimum atomic E-state index is -0.362. The van der Waals surface area contributed by atoms with Crippen LogP contribution in [0.2, 0.25) is 5.15 Å². The first-order valence-electron chi connectivity index (χ1n) is 3.98. The van der Waals surface area contributed by atoms with E-state index in [1.165, 1.54) is 11.9 Å². The van der Waals surface area contributed by atoms with Crippen LogP contribution in [0.4, 0.5) is 10.6 Å². The molecule has 0 aliphatic rings. The third kappa shape index (κ3) is 3.80. The van der Waals surface area contributed by atoms with Gasteiger partial charge in [0.25, 0.3) is 0 Å². The maximum Gasteiger partial charge on any atom is 0.343 e. The second-order valence-electron chi connectivity index (χ2n) is 2.58. The van der Waals surface area contributed by atoms with Crippen molar-refractivity contribution in [2.45, 2.75) is 6.92 Å². The summed E-state index contributed by atoms with van der Waals surface area (Å²) < 4.78 is 2.48. The fourth-order valence-electron chi connectivity index (χ4n) is 0.810. The molecule has 0 aromatic carbocycles. The van der Waals surface area contributed by atoms with Crippen molar-refractivity contribution in [3.05, 3.63) is 16.8 Å². The van der Waals surface area contributed by atoms with E-state index in [9.17, 15) is 4.79 Å². The summed E-state index contributed by atoms with van der Waals surface area (Å²) in [5.74, 6) is 0.454. The number of aromatic nitrogens is 2. The fraction of sp³-hybridized carbons (Fsp3) is 0.286. The highest BCUT2D eigenvalue weighted by molar-refractivity contribution is 7.97. The van der Waals surface area contributed by atoms with Crippen LogP contribution in [0.5, 0.6) is 0 Å². The normalized spacial score (nSPS) is 9.53. The third-order valence-electron chi connectivity index (χ3n) is 1.44. The molecule has 1 aromatic heterocycles. The molecule has 0 aliphatic carbocycles. The van der Waals surface area contributed by atoms with E-state index < -0.39 is 0 Å². The number of nitrogens with zero attached hydrogens (tertiary/aromatic N) is 2. The second-order valence-corrected chi connectivity index (χ2v) is 3.58. The average Bonchev–Trinajstić information content (AvgIpc) is 2.17. The van der Waals surface area contributed by atoms with Crippen molar-refractivity contribution in [3.63, 3.8) is 0 Å². The van der Waals surface area contributed by atoms with E-state index in [1.807, 2.05) is 0 Å². The smallest absolute Gasteiger partial charge is 0.281 e. The van der Waals surface area contributed by atoms with Gasteiger partial charge in [-0.1, -0.05) is 23.5 Å². The fourth-order valence-corrected chi connectivity index (χ4v) is 1.25. The lowest BCUT2D eigenvalue weighted by molar-refractivity contribution is 0.248. The van der Waals surface area contributed by atoms with Crippen LogP contribution in [0.3, 0.4) is 0 Å². The second kappa shape index (κ2) is 5.62. The summed E-state index contributed by atoms with van der Waals surface area (Å²) >= 11 is 6.82. The van der Waals surface area contributed by atoms with Gasteiger partial charge in [-0.25, -0.2) is 10.2 Å². The van der Waals surface area contributed by atoms with E-state index in [2.05, 4.69) is 25.8 Å². The van der Waals surface area contributed by atoms with Gasteiger partial charge in [-0.05, 0) is 18.6 Å². The molecule has 2 amide bonds. The Labute approximate surface area is 96.3 Å². The first-order chi connectivity index (χ1) is 7.13. The van der Waals surface area contributed by atoms with E-state index >= 15 is 0 Å². The highest BCUT2D eigenvalue weighted by Crippen LogP contribution is 2.12. The van der Waals surface area contributed by atoms with E-state index in [0.717, 1.165) is 5.56 Å². The lowest BCUT2D eigenvalue weighted by Gasteiger charge is -2.08. The van der Waals surface area contributed by atoms with Crippen LogP contribution in [0.15, 0.2) is 6.07 Å². The first kappa shape index (κ1) is 11.9. The molecular formula is C7H10ClN5OS. The first-order valence-corrected chi connectivity index (χ1v) is 5.58. The molecule has 6 nitrogen and oxygen atoms in total. The number of anilines is 1. The number of carbonyl (C=O) groups excluding carboxylic acids is 1. The number of hydrogen-bond acceptors (Lipinski definition) is 5. The topological polar surface area (TPSA) is 78.9 Å². The molecule has 1 heterocycles. The van der Waals surface area contributed by atoms with E-state index in [1.54, 1.807) is 19.2 Å². The van der Waals surface area contributed by atoms with Crippen molar-refractivity contribution in [2.75, 3.05) is 11.7 Å². The zero-order chi connectivity index (χ0) is 11.3. The molecule has 0 fully saturated rings. The van der Waals surface area contributed by atoms with Crippen molar-refractivity contribution in [2.24, 2.45) is 0 Å². The molecule has 0 atom stereocenters. The summed E-state index contributed by atoms with van der Waals surface area (Å²) in [7, 11) is 0. The lowest BCUT2D eigenvalue weighted by Crippen LogP contribution is -2.36. The predicted molar refractivity (Wildman–Crippen MR) is 60.6 cm³/mol. The Morgan fingerprint density at radius 3 is 2.87 bits per heavy atom. The van der Waals surface area contributed by atoms with Crippen molar-refractivity contribution in [3.8, 4) is 0 Å². The molecule has 0 unspecified atom stereocenters. The van der Waals surface area contributed by atoms with Gasteiger partial charge in [0.2, 0.25) is 0 Å². The van der Waals surface area contributed by atoms with Crippen LogP contribution < -0.4 is 15.6 Å². The van der Waals surface area contributed by atoms with Gasteiger partial charge >= 0.3 is 6.03 Å². The van der Waals surface area contributed by atoms with Gasteiger partial charge in [-0.15, -0.1) is 10.2 Å². The van der Waals surface area contributed by atoms with Crippen LogP contribution in [0.25, 0.3) is 0 Å². The molecule has 0 radical (unpaired) electrons. The largest absolute Gasteiger partial charge is 0.343 e. The van der Waals surface area contributed by atoms with Crippen LogP contribution in [0.1, 0.15) is 5.56 Å². The summed E-state index contributed by atoms with van der Waals surface area (Å²) in [4.78, 5) is 11.0. The molecule has 8 heteroatoms. The number of halogens is 1. The molecule has 15 heavy (non-hydrogen) atoms. The number of hydrogen-bond donors (Lipinski definition) is 3. The number of amides is 2. The Kier molecular flexibility index (Phi) is 4.44. The Hall–Kier alpha value is -1.21. The average molecular weight is 248 g/mol. The van der Waals surface area contributed by atoms with Gasteiger partial charge < -0.3 is 0 Å². The molecular weight excluding hydrogens is 238 g/mol. The number of hydrazine groups is 1. The zero-order valence-corrected chi connectivity index (χ0v) is 9.74. The minimum absolute atomic E-state index is 0.312. The Morgan fingerprint density at radius 1 is 1.53 bits per heavy atom. The van der Waals surface area contributed by atoms with Crippen LogP contribution in [0, 0.1) is 6.92 Å². The maximum atomic E-state index is 11.0. The minimum Gasteiger partial charge on any atom is -0.281 e. The van der Waals surface area contributed by atoms with Crippen LogP contribution in [-0.2, 0) is 0 Å². The zero-order valence-electron chi connectivity index (χ0n) is 8.17. The van der Waals surface area contributed by atoms with Crippen molar-refractivity contribution in [1.82, 2.24) is 20.3 Å². The third-order valence-corrected chi connectivity index (χ3v) is 2.02. The van der Waals surface area contributed by atoms with Gasteiger partial charge in [-0.2, -0.15) is 0 Å². The number of carbonyl (C=O) groups is 1. The van der Waals surface area contributed by atoms with E-state index in [4.69, 9.17) is 11.6 Å². The highest BCUT2D eigenvalue weighted by Gasteiger charge is 2.03. The summed E-state index contributed by atoms with van der Waals surface area (Å²) in [6, 6.07) is 1.28. The summed E-state index contributed by atoms with van der Waals surface area (Å²) in [6.07, 6.45) is 1.74. The van der Waals surface area contributed by atoms with Crippen molar-refractivity contribution >= 4 is 35.4 Å². The standard InChI is InChI=1S/C7H10ClN5OS/c1-4-3-5(8)9-10-6(4)11-12-7(14)13-15-2/h3H,1-2H3,(H,10,11)(H2,12,13,14). The van der Waals surface area contributed by atoms with Crippen molar-refractivity contribution < 1.29 is 4.79 Å². The molecule has 3 N–H and O–H groups in total. The molecule has 0 saturated carbocycles. The van der Waals surface area contributed by atoms with Crippen molar-refractivity contribution in [1.29, 1.82) is 0 Å². The lowest BCUT2D eigenvalue weighted by atomic mass is 10.3. The van der Waals surface area contributed by atoms with E-state index in [0.29, 0.717) is 11.0 Å². The predicted octanol–water partition coefficient (Wildman–Crippen LogP) is 1.34. The van der Waals surface area contributed by atoms with Crippen LogP contribution >= 0.6 is 23.5 Å². The molecule has 82 valence electrons. The number of nitrogens with one attached hydrogen (secondary N) is 3. The quantitative estimate of drug-likeness (QED) is 0.555. The SMILES string of the molecule is CSNC(=O)NNc1nnc(Cl)cc1C. The van der Waals surface area contributed by atoms with Gasteiger partial charge in [0.05, 0.1) is 0 Å². The molecule has 0 aliphatic heterocycles. The number of rotatable bonds is 3. The molecule has 1 aromatic rings. The van der Waals surface area contributed by atoms with E-state index in [-0.39, 0.29) is 6.03 Å². The summed E-state index contributed by atoms with van der Waals surface area (Å²) in [6.45, 7) is 1.80. The van der Waals surface area contributed by atoms with Gasteiger partial charge in [0.15, 0.2) is 11.0 Å². The molecule has 0 saturated heterocycles. The molecule has 1 rings (SSSR count). The van der Waals surface area contributed by atoms with Gasteiger partial charge in [-0.3, -0.25) is 10.1 Å². The monoisotopic (exact) mass is 247 g/mol.